The van der Waals surface area contributed by atoms with Gasteiger partial charge in [0.1, 0.15) is 0 Å². The average Bonchev–Trinajstić information content (AvgIpc) is 2.18. The minimum absolute atomic E-state index is 0.0944. The molecule has 0 aromatic heterocycles. The predicted molar refractivity (Wildman–Crippen MR) is 56.2 cm³/mol. The van der Waals surface area contributed by atoms with Gasteiger partial charge in [0.15, 0.2) is 0 Å². The molecular formula is C12H14O2. The summed E-state index contributed by atoms with van der Waals surface area (Å²) >= 11 is 0. The normalized spacial score (nSPS) is 12.9. The molecule has 1 aromatic carbocycles. The van der Waals surface area contributed by atoms with E-state index in [0.29, 0.717) is 0 Å². The van der Waals surface area contributed by atoms with Crippen LogP contribution in [0.15, 0.2) is 42.5 Å². The van der Waals surface area contributed by atoms with Crippen LogP contribution in [0.1, 0.15) is 24.8 Å². The highest BCUT2D eigenvalue weighted by Crippen LogP contribution is 2.15. The van der Waals surface area contributed by atoms with Crippen LogP contribution in [0.4, 0.5) is 0 Å². The summed E-state index contributed by atoms with van der Waals surface area (Å²) in [5, 5.41) is 8.45. The second kappa shape index (κ2) is 5.22. The van der Waals surface area contributed by atoms with Crippen molar-refractivity contribution in [2.24, 2.45) is 0 Å². The average molecular weight is 190 g/mol. The van der Waals surface area contributed by atoms with E-state index in [1.165, 1.54) is 5.56 Å². The van der Waals surface area contributed by atoms with E-state index in [9.17, 15) is 4.79 Å². The quantitative estimate of drug-likeness (QED) is 0.741. The van der Waals surface area contributed by atoms with Gasteiger partial charge in [0.05, 0.1) is 6.42 Å². The van der Waals surface area contributed by atoms with E-state index in [4.69, 9.17) is 5.11 Å². The maximum absolute atomic E-state index is 10.3. The van der Waals surface area contributed by atoms with Gasteiger partial charge < -0.3 is 5.11 Å². The Kier molecular flexibility index (Phi) is 3.92. The summed E-state index contributed by atoms with van der Waals surface area (Å²) in [6, 6.07) is 10.0. The Bertz CT molecular complexity index is 314. The smallest absolute Gasteiger partial charge is 0.307 e. The molecule has 0 saturated carbocycles. The van der Waals surface area contributed by atoms with E-state index >= 15 is 0 Å². The first-order chi connectivity index (χ1) is 6.70. The summed E-state index contributed by atoms with van der Waals surface area (Å²) in [4.78, 5) is 10.3. The standard InChI is InChI=1S/C12H14O2/c1-10(6-5-9-12(13)14)11-7-3-2-4-8-11/h2-8,10H,9H2,1H3,(H,13,14)/b6-5-. The molecule has 0 saturated heterocycles. The van der Waals surface area contributed by atoms with E-state index in [1.807, 2.05) is 43.3 Å². The molecule has 0 fully saturated rings. The molecule has 1 rings (SSSR count). The number of carboxylic acids is 1. The van der Waals surface area contributed by atoms with Gasteiger partial charge in [-0.2, -0.15) is 0 Å². The van der Waals surface area contributed by atoms with Crippen LogP contribution in [-0.2, 0) is 4.79 Å². The molecule has 0 aliphatic rings. The summed E-state index contributed by atoms with van der Waals surface area (Å²) in [6.45, 7) is 2.05. The Morgan fingerprint density at radius 1 is 1.43 bits per heavy atom. The molecule has 0 aliphatic carbocycles. The Balaban J connectivity index is 2.54. The molecule has 1 atom stereocenters. The van der Waals surface area contributed by atoms with Gasteiger partial charge in [0, 0.05) is 0 Å². The maximum Gasteiger partial charge on any atom is 0.307 e. The van der Waals surface area contributed by atoms with Crippen LogP contribution in [-0.4, -0.2) is 11.1 Å². The van der Waals surface area contributed by atoms with Crippen molar-refractivity contribution in [3.63, 3.8) is 0 Å². The first kappa shape index (κ1) is 10.5. The minimum Gasteiger partial charge on any atom is -0.481 e. The largest absolute Gasteiger partial charge is 0.481 e. The number of hydrogen-bond acceptors (Lipinski definition) is 1. The van der Waals surface area contributed by atoms with E-state index in [-0.39, 0.29) is 12.3 Å². The third-order valence-electron chi connectivity index (χ3n) is 2.04. The third kappa shape index (κ3) is 3.44. The second-order valence-electron chi connectivity index (χ2n) is 3.23. The molecule has 2 heteroatoms. The Morgan fingerprint density at radius 2 is 2.07 bits per heavy atom. The molecule has 1 aromatic rings. The number of rotatable bonds is 4. The second-order valence-corrected chi connectivity index (χ2v) is 3.23. The maximum atomic E-state index is 10.3. The predicted octanol–water partition coefficient (Wildman–Crippen LogP) is 2.82. The zero-order valence-corrected chi connectivity index (χ0v) is 8.18. The van der Waals surface area contributed by atoms with Gasteiger partial charge in [-0.3, -0.25) is 4.79 Å². The van der Waals surface area contributed by atoms with E-state index in [2.05, 4.69) is 0 Å². The SMILES string of the molecule is CC(/C=C\CC(=O)O)c1ccccc1. The van der Waals surface area contributed by atoms with Gasteiger partial charge in [0.25, 0.3) is 0 Å². The van der Waals surface area contributed by atoms with Crippen LogP contribution in [0.25, 0.3) is 0 Å². The molecule has 0 spiro atoms. The molecule has 14 heavy (non-hydrogen) atoms. The first-order valence-electron chi connectivity index (χ1n) is 4.63. The Morgan fingerprint density at radius 3 is 2.64 bits per heavy atom. The van der Waals surface area contributed by atoms with Gasteiger partial charge in [-0.15, -0.1) is 0 Å². The van der Waals surface area contributed by atoms with Crippen LogP contribution in [0.3, 0.4) is 0 Å². The van der Waals surface area contributed by atoms with Gasteiger partial charge >= 0.3 is 5.97 Å². The van der Waals surface area contributed by atoms with Crippen molar-refractivity contribution in [1.82, 2.24) is 0 Å². The molecule has 0 heterocycles. The molecule has 0 radical (unpaired) electrons. The molecule has 0 amide bonds. The molecule has 74 valence electrons. The van der Waals surface area contributed by atoms with Gasteiger partial charge in [-0.1, -0.05) is 49.4 Å². The number of hydrogen-bond donors (Lipinski definition) is 1. The van der Waals surface area contributed by atoms with E-state index in [0.717, 1.165) is 0 Å². The molecular weight excluding hydrogens is 176 g/mol. The van der Waals surface area contributed by atoms with Crippen molar-refractivity contribution in [2.45, 2.75) is 19.3 Å². The van der Waals surface area contributed by atoms with Crippen molar-refractivity contribution in [2.75, 3.05) is 0 Å². The van der Waals surface area contributed by atoms with Crippen molar-refractivity contribution >= 4 is 5.97 Å². The Labute approximate surface area is 83.9 Å². The highest BCUT2D eigenvalue weighted by atomic mass is 16.4. The van der Waals surface area contributed by atoms with Crippen molar-refractivity contribution in [1.29, 1.82) is 0 Å². The van der Waals surface area contributed by atoms with Gasteiger partial charge in [0.2, 0.25) is 0 Å². The van der Waals surface area contributed by atoms with Crippen molar-refractivity contribution in [3.8, 4) is 0 Å². The zero-order chi connectivity index (χ0) is 10.4. The van der Waals surface area contributed by atoms with Gasteiger partial charge in [-0.25, -0.2) is 0 Å². The fourth-order valence-corrected chi connectivity index (χ4v) is 1.24. The van der Waals surface area contributed by atoms with Crippen LogP contribution >= 0.6 is 0 Å². The molecule has 1 N–H and O–H groups in total. The minimum atomic E-state index is -0.790. The lowest BCUT2D eigenvalue weighted by Gasteiger charge is -2.05. The number of carboxylic acid groups (broad SMARTS) is 1. The van der Waals surface area contributed by atoms with Crippen LogP contribution in [0.2, 0.25) is 0 Å². The lowest BCUT2D eigenvalue weighted by Crippen LogP contribution is -1.92. The van der Waals surface area contributed by atoms with Crippen LogP contribution in [0.5, 0.6) is 0 Å². The molecule has 2 nitrogen and oxygen atoms in total. The third-order valence-corrected chi connectivity index (χ3v) is 2.04. The summed E-state index contributed by atoms with van der Waals surface area (Å²) < 4.78 is 0. The highest BCUT2D eigenvalue weighted by Gasteiger charge is 1.99. The zero-order valence-electron chi connectivity index (χ0n) is 8.18. The lowest BCUT2D eigenvalue weighted by molar-refractivity contribution is -0.136. The summed E-state index contributed by atoms with van der Waals surface area (Å²) in [7, 11) is 0. The van der Waals surface area contributed by atoms with E-state index < -0.39 is 5.97 Å². The van der Waals surface area contributed by atoms with Crippen molar-refractivity contribution < 1.29 is 9.90 Å². The topological polar surface area (TPSA) is 37.3 Å². The number of allylic oxidation sites excluding steroid dienone is 1. The Hall–Kier alpha value is -1.57. The molecule has 0 bridgehead atoms. The van der Waals surface area contributed by atoms with E-state index in [1.54, 1.807) is 6.08 Å². The number of aliphatic carboxylic acids is 1. The monoisotopic (exact) mass is 190 g/mol. The molecule has 1 unspecified atom stereocenters. The first-order valence-corrected chi connectivity index (χ1v) is 4.63. The lowest BCUT2D eigenvalue weighted by atomic mass is 10.0. The summed E-state index contributed by atoms with van der Waals surface area (Å²) in [5.74, 6) is -0.517. The summed E-state index contributed by atoms with van der Waals surface area (Å²) in [5.41, 5.74) is 1.20. The fourth-order valence-electron chi connectivity index (χ4n) is 1.24. The van der Waals surface area contributed by atoms with Crippen LogP contribution in [0, 0.1) is 0 Å². The number of carbonyl (C=O) groups is 1. The number of benzene rings is 1. The fraction of sp³-hybridized carbons (Fsp3) is 0.250. The molecule has 0 aliphatic heterocycles. The summed E-state index contributed by atoms with van der Waals surface area (Å²) in [6.07, 6.45) is 3.71. The van der Waals surface area contributed by atoms with Crippen LogP contribution < -0.4 is 0 Å². The van der Waals surface area contributed by atoms with Gasteiger partial charge in [-0.05, 0) is 11.5 Å². The highest BCUT2D eigenvalue weighted by molar-refractivity contribution is 5.68. The van der Waals surface area contributed by atoms with Crippen molar-refractivity contribution in [3.05, 3.63) is 48.0 Å².